The Labute approximate surface area is 195 Å². The summed E-state index contributed by atoms with van der Waals surface area (Å²) < 4.78 is 29.1. The summed E-state index contributed by atoms with van der Waals surface area (Å²) >= 11 is 0. The lowest BCUT2D eigenvalue weighted by molar-refractivity contribution is -0.121. The summed E-state index contributed by atoms with van der Waals surface area (Å²) in [6, 6.07) is 19.8. The molecule has 1 aromatic heterocycles. The Hall–Kier alpha value is -4.13. The van der Waals surface area contributed by atoms with Gasteiger partial charge < -0.3 is 5.32 Å². The third-order valence-corrected chi connectivity index (χ3v) is 6.14. The number of halogens is 2. The first-order valence-electron chi connectivity index (χ1n) is 10.9. The molecular formula is C27H21F2N3O2. The molecule has 34 heavy (non-hydrogen) atoms. The van der Waals surface area contributed by atoms with Crippen molar-refractivity contribution in [3.63, 3.8) is 0 Å². The second-order valence-electron chi connectivity index (χ2n) is 8.33. The van der Waals surface area contributed by atoms with Gasteiger partial charge in [-0.1, -0.05) is 36.4 Å². The number of benzene rings is 3. The minimum absolute atomic E-state index is 0.0663. The Balaban J connectivity index is 1.62. The molecule has 3 aromatic carbocycles. The van der Waals surface area contributed by atoms with Gasteiger partial charge in [-0.05, 0) is 55.0 Å². The van der Waals surface area contributed by atoms with E-state index in [0.29, 0.717) is 11.3 Å². The van der Waals surface area contributed by atoms with Crippen LogP contribution in [0, 0.1) is 18.6 Å². The Morgan fingerprint density at radius 3 is 2.41 bits per heavy atom. The molecule has 0 saturated carbocycles. The van der Waals surface area contributed by atoms with Crippen molar-refractivity contribution < 1.29 is 18.4 Å². The third-order valence-electron chi connectivity index (χ3n) is 6.14. The normalized spacial score (nSPS) is 17.3. The zero-order chi connectivity index (χ0) is 23.8. The smallest absolute Gasteiger partial charge is 0.251 e. The highest BCUT2D eigenvalue weighted by Crippen LogP contribution is 2.38. The van der Waals surface area contributed by atoms with Crippen molar-refractivity contribution in [1.82, 2.24) is 15.1 Å². The Morgan fingerprint density at radius 1 is 0.971 bits per heavy atom. The molecule has 0 fully saturated rings. The topological polar surface area (TPSA) is 64.0 Å². The molecule has 1 aliphatic carbocycles. The number of para-hydroxylation sites is 1. The average molecular weight is 457 g/mol. The van der Waals surface area contributed by atoms with Gasteiger partial charge in [-0.3, -0.25) is 9.59 Å². The van der Waals surface area contributed by atoms with Crippen molar-refractivity contribution in [3.8, 4) is 5.69 Å². The number of nitrogens with zero attached hydrogens (tertiary/aromatic N) is 2. The molecule has 1 heterocycles. The molecule has 7 heteroatoms. The van der Waals surface area contributed by atoms with Crippen LogP contribution in [0.2, 0.25) is 0 Å². The van der Waals surface area contributed by atoms with E-state index in [1.54, 1.807) is 16.8 Å². The van der Waals surface area contributed by atoms with Crippen LogP contribution in [0.15, 0.2) is 78.9 Å². The Morgan fingerprint density at radius 2 is 1.71 bits per heavy atom. The van der Waals surface area contributed by atoms with Gasteiger partial charge in [0.25, 0.3) is 5.91 Å². The van der Waals surface area contributed by atoms with Crippen LogP contribution in [-0.2, 0) is 11.2 Å². The van der Waals surface area contributed by atoms with Crippen molar-refractivity contribution in [2.45, 2.75) is 25.3 Å². The maximum atomic E-state index is 13.7. The fourth-order valence-corrected chi connectivity index (χ4v) is 4.62. The van der Waals surface area contributed by atoms with Crippen molar-refractivity contribution in [1.29, 1.82) is 0 Å². The SMILES string of the molecule is Cc1nn(-c2ccccc2)c2c1[C@H](c1ccc(F)cc1)[C@H](NC(=O)c1cccc(F)c1)C(=O)C2. The molecule has 5 nitrogen and oxygen atoms in total. The van der Waals surface area contributed by atoms with Crippen LogP contribution in [0.3, 0.4) is 0 Å². The number of fused-ring (bicyclic) bond motifs is 1. The van der Waals surface area contributed by atoms with Gasteiger partial charge >= 0.3 is 0 Å². The van der Waals surface area contributed by atoms with Gasteiger partial charge in [0.05, 0.1) is 29.5 Å². The summed E-state index contributed by atoms with van der Waals surface area (Å²) in [5, 5.41) is 7.51. The second-order valence-corrected chi connectivity index (χ2v) is 8.33. The van der Waals surface area contributed by atoms with Crippen LogP contribution in [0.25, 0.3) is 5.69 Å². The standard InChI is InChI=1S/C27H21F2N3O2/c1-16-24-22(32(31-16)21-8-3-2-4-9-21)15-23(33)26(25(24)17-10-12-19(28)13-11-17)30-27(34)18-6-5-7-20(29)14-18/h2-14,25-26H,15H2,1H3,(H,30,34)/t25-,26+/m0/s1. The molecule has 0 bridgehead atoms. The van der Waals surface area contributed by atoms with Gasteiger partial charge in [-0.2, -0.15) is 5.10 Å². The van der Waals surface area contributed by atoms with Crippen LogP contribution in [0.1, 0.15) is 38.8 Å². The molecule has 170 valence electrons. The summed E-state index contributed by atoms with van der Waals surface area (Å²) in [5.41, 5.74) is 3.88. The summed E-state index contributed by atoms with van der Waals surface area (Å²) in [6.45, 7) is 1.86. The molecule has 5 rings (SSSR count). The van der Waals surface area contributed by atoms with Gasteiger partial charge in [0.15, 0.2) is 5.78 Å². The zero-order valence-corrected chi connectivity index (χ0v) is 18.3. The predicted molar refractivity (Wildman–Crippen MR) is 123 cm³/mol. The van der Waals surface area contributed by atoms with Gasteiger partial charge in [-0.25, -0.2) is 13.5 Å². The van der Waals surface area contributed by atoms with Crippen molar-refractivity contribution >= 4 is 11.7 Å². The number of rotatable bonds is 4. The van der Waals surface area contributed by atoms with Crippen LogP contribution in [0.5, 0.6) is 0 Å². The van der Waals surface area contributed by atoms with E-state index in [4.69, 9.17) is 5.10 Å². The number of amides is 1. The molecule has 1 N–H and O–H groups in total. The first kappa shape index (κ1) is 21.7. The van der Waals surface area contributed by atoms with E-state index in [0.717, 1.165) is 23.0 Å². The number of aryl methyl sites for hydroxylation is 1. The van der Waals surface area contributed by atoms with Crippen molar-refractivity contribution in [3.05, 3.63) is 119 Å². The van der Waals surface area contributed by atoms with Gasteiger partial charge in [0.2, 0.25) is 0 Å². The van der Waals surface area contributed by atoms with E-state index in [2.05, 4.69) is 5.32 Å². The number of carbonyl (C=O) groups excluding carboxylic acids is 2. The number of ketones is 1. The van der Waals surface area contributed by atoms with Gasteiger partial charge in [-0.15, -0.1) is 0 Å². The molecule has 0 radical (unpaired) electrons. The molecule has 2 atom stereocenters. The summed E-state index contributed by atoms with van der Waals surface area (Å²) in [4.78, 5) is 26.4. The van der Waals surface area contributed by atoms with E-state index >= 15 is 0 Å². The molecule has 1 aliphatic rings. The number of Topliss-reactive ketones (excluding diaryl/α,β-unsaturated/α-hetero) is 1. The Bertz CT molecular complexity index is 1380. The highest BCUT2D eigenvalue weighted by atomic mass is 19.1. The first-order valence-corrected chi connectivity index (χ1v) is 10.9. The summed E-state index contributed by atoms with van der Waals surface area (Å²) in [5.74, 6) is -2.28. The number of nitrogens with one attached hydrogen (secondary N) is 1. The van der Waals surface area contributed by atoms with E-state index in [-0.39, 0.29) is 17.8 Å². The van der Waals surface area contributed by atoms with Gasteiger partial charge in [0.1, 0.15) is 11.6 Å². The molecule has 0 aliphatic heterocycles. The lowest BCUT2D eigenvalue weighted by atomic mass is 9.76. The summed E-state index contributed by atoms with van der Waals surface area (Å²) in [6.07, 6.45) is 0.0663. The van der Waals surface area contributed by atoms with Crippen LogP contribution >= 0.6 is 0 Å². The van der Waals surface area contributed by atoms with Crippen molar-refractivity contribution in [2.24, 2.45) is 0 Å². The number of hydrogen-bond acceptors (Lipinski definition) is 3. The Kier molecular flexibility index (Phi) is 5.53. The zero-order valence-electron chi connectivity index (χ0n) is 18.3. The number of hydrogen-bond donors (Lipinski definition) is 1. The van der Waals surface area contributed by atoms with E-state index in [1.165, 1.54) is 30.3 Å². The third kappa shape index (κ3) is 3.90. The highest BCUT2D eigenvalue weighted by molar-refractivity contribution is 5.99. The average Bonchev–Trinajstić information content (AvgIpc) is 3.16. The van der Waals surface area contributed by atoms with Crippen molar-refractivity contribution in [2.75, 3.05) is 0 Å². The fourth-order valence-electron chi connectivity index (χ4n) is 4.62. The summed E-state index contributed by atoms with van der Waals surface area (Å²) in [7, 11) is 0. The van der Waals surface area contributed by atoms with E-state index in [9.17, 15) is 18.4 Å². The molecule has 1 amide bonds. The lowest BCUT2D eigenvalue weighted by Crippen LogP contribution is -2.48. The monoisotopic (exact) mass is 457 g/mol. The van der Waals surface area contributed by atoms with Gasteiger partial charge in [0, 0.05) is 17.0 Å². The molecular weight excluding hydrogens is 436 g/mol. The van der Waals surface area contributed by atoms with E-state index in [1.807, 2.05) is 37.3 Å². The molecule has 0 unspecified atom stereocenters. The first-order chi connectivity index (χ1) is 16.4. The maximum Gasteiger partial charge on any atom is 0.251 e. The largest absolute Gasteiger partial charge is 0.341 e. The lowest BCUT2D eigenvalue weighted by Gasteiger charge is -2.32. The quantitative estimate of drug-likeness (QED) is 0.490. The maximum absolute atomic E-state index is 13.7. The second kappa shape index (κ2) is 8.67. The van der Waals surface area contributed by atoms with Crippen LogP contribution in [0.4, 0.5) is 8.78 Å². The minimum Gasteiger partial charge on any atom is -0.341 e. The molecule has 4 aromatic rings. The number of carbonyl (C=O) groups is 2. The van der Waals surface area contributed by atoms with Crippen LogP contribution in [-0.4, -0.2) is 27.5 Å². The van der Waals surface area contributed by atoms with E-state index < -0.39 is 29.5 Å². The van der Waals surface area contributed by atoms with Crippen LogP contribution < -0.4 is 5.32 Å². The molecule has 0 spiro atoms. The fraction of sp³-hybridized carbons (Fsp3) is 0.148. The predicted octanol–water partition coefficient (Wildman–Crippen LogP) is 4.51. The number of aromatic nitrogens is 2. The highest BCUT2D eigenvalue weighted by Gasteiger charge is 2.41. The molecule has 0 saturated heterocycles. The minimum atomic E-state index is -0.916.